The SMILES string of the molecule is CC(SCC(CC(=O)O)C(=O)c1ccc2ccccc2c1)C(=O)O. The fourth-order valence-electron chi connectivity index (χ4n) is 2.35. The van der Waals surface area contributed by atoms with Gasteiger partial charge in [0.1, 0.15) is 0 Å². The third-order valence-corrected chi connectivity index (χ3v) is 5.02. The van der Waals surface area contributed by atoms with Crippen molar-refractivity contribution in [2.24, 2.45) is 5.92 Å². The van der Waals surface area contributed by atoms with Crippen LogP contribution in [0, 0.1) is 5.92 Å². The Morgan fingerprint density at radius 3 is 2.33 bits per heavy atom. The van der Waals surface area contributed by atoms with Crippen LogP contribution in [0.4, 0.5) is 0 Å². The number of thioether (sulfide) groups is 1. The molecule has 0 heterocycles. The number of carbonyl (C=O) groups excluding carboxylic acids is 1. The average Bonchev–Trinajstić information content (AvgIpc) is 2.56. The number of Topliss-reactive ketones (excluding diaryl/α,β-unsaturated/α-hetero) is 1. The number of fused-ring (bicyclic) bond motifs is 1. The lowest BCUT2D eigenvalue weighted by atomic mass is 9.94. The minimum Gasteiger partial charge on any atom is -0.481 e. The van der Waals surface area contributed by atoms with Crippen molar-refractivity contribution in [2.45, 2.75) is 18.6 Å². The number of carboxylic acid groups (broad SMARTS) is 2. The fourth-order valence-corrected chi connectivity index (χ4v) is 3.28. The van der Waals surface area contributed by atoms with Gasteiger partial charge in [0, 0.05) is 17.2 Å². The summed E-state index contributed by atoms with van der Waals surface area (Å²) < 4.78 is 0. The third-order valence-electron chi connectivity index (χ3n) is 3.72. The monoisotopic (exact) mass is 346 g/mol. The molecule has 0 radical (unpaired) electrons. The summed E-state index contributed by atoms with van der Waals surface area (Å²) in [6.45, 7) is 1.52. The van der Waals surface area contributed by atoms with Crippen LogP contribution in [0.25, 0.3) is 10.8 Å². The highest BCUT2D eigenvalue weighted by atomic mass is 32.2. The van der Waals surface area contributed by atoms with E-state index in [-0.39, 0.29) is 18.0 Å². The quantitative estimate of drug-likeness (QED) is 0.713. The predicted octanol–water partition coefficient (Wildman–Crippen LogP) is 3.32. The molecule has 126 valence electrons. The van der Waals surface area contributed by atoms with Gasteiger partial charge in [-0.15, -0.1) is 11.8 Å². The van der Waals surface area contributed by atoms with Crippen LogP contribution in [0.5, 0.6) is 0 Å². The Morgan fingerprint density at radius 1 is 1.04 bits per heavy atom. The molecule has 2 unspecified atom stereocenters. The molecule has 6 heteroatoms. The van der Waals surface area contributed by atoms with E-state index in [1.807, 2.05) is 30.3 Å². The maximum atomic E-state index is 12.7. The first-order chi connectivity index (χ1) is 11.4. The molecule has 0 aromatic heterocycles. The van der Waals surface area contributed by atoms with Gasteiger partial charge in [0.2, 0.25) is 0 Å². The summed E-state index contributed by atoms with van der Waals surface area (Å²) in [4.78, 5) is 34.6. The Balaban J connectivity index is 2.21. The van der Waals surface area contributed by atoms with E-state index < -0.39 is 23.1 Å². The van der Waals surface area contributed by atoms with Crippen molar-refractivity contribution in [3.8, 4) is 0 Å². The van der Waals surface area contributed by atoms with Gasteiger partial charge in [0.15, 0.2) is 5.78 Å². The number of benzene rings is 2. The number of carboxylic acids is 2. The minimum absolute atomic E-state index is 0.158. The molecule has 2 aromatic rings. The van der Waals surface area contributed by atoms with E-state index in [1.54, 1.807) is 12.1 Å². The van der Waals surface area contributed by atoms with Gasteiger partial charge in [-0.1, -0.05) is 36.4 Å². The molecule has 0 spiro atoms. The highest BCUT2D eigenvalue weighted by Crippen LogP contribution is 2.23. The van der Waals surface area contributed by atoms with Crippen LogP contribution in [0.3, 0.4) is 0 Å². The van der Waals surface area contributed by atoms with Gasteiger partial charge < -0.3 is 10.2 Å². The molecule has 0 saturated carbocycles. The fraction of sp³-hybridized carbons (Fsp3) is 0.278. The first-order valence-electron chi connectivity index (χ1n) is 7.47. The lowest BCUT2D eigenvalue weighted by Crippen LogP contribution is -2.23. The van der Waals surface area contributed by atoms with Crippen LogP contribution in [0.1, 0.15) is 23.7 Å². The summed E-state index contributed by atoms with van der Waals surface area (Å²) in [5, 5.41) is 19.2. The van der Waals surface area contributed by atoms with E-state index in [0.717, 1.165) is 22.5 Å². The Labute approximate surface area is 143 Å². The van der Waals surface area contributed by atoms with Gasteiger partial charge in [0.05, 0.1) is 11.7 Å². The summed E-state index contributed by atoms with van der Waals surface area (Å²) in [6.07, 6.45) is -0.314. The first kappa shape index (κ1) is 18.0. The molecular weight excluding hydrogens is 328 g/mol. The van der Waals surface area contributed by atoms with Gasteiger partial charge in [0.25, 0.3) is 0 Å². The molecule has 2 N–H and O–H groups in total. The third kappa shape index (κ3) is 4.58. The molecule has 0 bridgehead atoms. The summed E-state index contributed by atoms with van der Waals surface area (Å²) in [5.74, 6) is -2.92. The van der Waals surface area contributed by atoms with E-state index in [1.165, 1.54) is 6.92 Å². The van der Waals surface area contributed by atoms with Crippen molar-refractivity contribution >= 4 is 40.3 Å². The number of aliphatic carboxylic acids is 2. The van der Waals surface area contributed by atoms with E-state index in [4.69, 9.17) is 10.2 Å². The minimum atomic E-state index is -1.07. The van der Waals surface area contributed by atoms with Crippen LogP contribution in [-0.4, -0.2) is 38.9 Å². The molecule has 0 aliphatic rings. The molecule has 0 amide bonds. The molecule has 0 aliphatic carbocycles. The molecular formula is C18H18O5S. The second-order valence-electron chi connectivity index (χ2n) is 5.53. The number of carbonyl (C=O) groups is 3. The highest BCUT2D eigenvalue weighted by molar-refractivity contribution is 8.00. The number of rotatable bonds is 8. The normalized spacial score (nSPS) is 13.4. The molecule has 5 nitrogen and oxygen atoms in total. The van der Waals surface area contributed by atoms with Crippen molar-refractivity contribution < 1.29 is 24.6 Å². The summed E-state index contributed by atoms with van der Waals surface area (Å²) in [5.41, 5.74) is 0.448. The summed E-state index contributed by atoms with van der Waals surface area (Å²) >= 11 is 1.08. The van der Waals surface area contributed by atoms with Crippen LogP contribution < -0.4 is 0 Å². The zero-order valence-electron chi connectivity index (χ0n) is 13.1. The van der Waals surface area contributed by atoms with E-state index in [0.29, 0.717) is 5.56 Å². The van der Waals surface area contributed by atoms with Crippen molar-refractivity contribution in [3.05, 3.63) is 48.0 Å². The van der Waals surface area contributed by atoms with Crippen molar-refractivity contribution in [3.63, 3.8) is 0 Å². The molecule has 0 fully saturated rings. The molecule has 2 rings (SSSR count). The topological polar surface area (TPSA) is 91.7 Å². The van der Waals surface area contributed by atoms with Crippen LogP contribution in [-0.2, 0) is 9.59 Å². The van der Waals surface area contributed by atoms with Crippen LogP contribution in [0.15, 0.2) is 42.5 Å². The largest absolute Gasteiger partial charge is 0.481 e. The first-order valence-corrected chi connectivity index (χ1v) is 8.52. The average molecular weight is 346 g/mol. The van der Waals surface area contributed by atoms with Gasteiger partial charge in [-0.3, -0.25) is 14.4 Å². The Bertz CT molecular complexity index is 771. The van der Waals surface area contributed by atoms with E-state index in [2.05, 4.69) is 0 Å². The number of hydrogen-bond acceptors (Lipinski definition) is 4. The number of ketones is 1. The second kappa shape index (κ2) is 7.97. The Morgan fingerprint density at radius 2 is 1.71 bits per heavy atom. The molecule has 2 atom stereocenters. The van der Waals surface area contributed by atoms with Gasteiger partial charge in [-0.2, -0.15) is 0 Å². The van der Waals surface area contributed by atoms with Crippen LogP contribution in [0.2, 0.25) is 0 Å². The molecule has 0 saturated heterocycles. The van der Waals surface area contributed by atoms with Gasteiger partial charge >= 0.3 is 11.9 Å². The van der Waals surface area contributed by atoms with Crippen LogP contribution >= 0.6 is 11.8 Å². The second-order valence-corrected chi connectivity index (χ2v) is 6.91. The Kier molecular flexibility index (Phi) is 5.98. The molecule has 0 aliphatic heterocycles. The Hall–Kier alpha value is -2.34. The van der Waals surface area contributed by atoms with Gasteiger partial charge in [-0.25, -0.2) is 0 Å². The maximum absolute atomic E-state index is 12.7. The predicted molar refractivity (Wildman–Crippen MR) is 93.6 cm³/mol. The van der Waals surface area contributed by atoms with Crippen molar-refractivity contribution in [2.75, 3.05) is 5.75 Å². The zero-order valence-corrected chi connectivity index (χ0v) is 14.0. The summed E-state index contributed by atoms with van der Waals surface area (Å²) in [6, 6.07) is 12.9. The smallest absolute Gasteiger partial charge is 0.316 e. The van der Waals surface area contributed by atoms with Crippen molar-refractivity contribution in [1.82, 2.24) is 0 Å². The maximum Gasteiger partial charge on any atom is 0.316 e. The van der Waals surface area contributed by atoms with Gasteiger partial charge in [-0.05, 0) is 23.8 Å². The van der Waals surface area contributed by atoms with E-state index in [9.17, 15) is 14.4 Å². The zero-order chi connectivity index (χ0) is 17.7. The standard InChI is InChI=1S/C18H18O5S/c1-11(18(22)23)24-10-15(9-16(19)20)17(21)14-7-6-12-4-2-3-5-13(12)8-14/h2-8,11,15H,9-10H2,1H3,(H,19,20)(H,22,23). The summed E-state index contributed by atoms with van der Waals surface area (Å²) in [7, 11) is 0. The molecule has 24 heavy (non-hydrogen) atoms. The van der Waals surface area contributed by atoms with Crippen molar-refractivity contribution in [1.29, 1.82) is 0 Å². The number of hydrogen-bond donors (Lipinski definition) is 2. The molecule has 2 aromatic carbocycles. The highest BCUT2D eigenvalue weighted by Gasteiger charge is 2.25. The lowest BCUT2D eigenvalue weighted by molar-refractivity contribution is -0.138. The van der Waals surface area contributed by atoms with E-state index >= 15 is 0 Å². The lowest BCUT2D eigenvalue weighted by Gasteiger charge is -2.15.